The molecule has 1 aliphatic rings. The van der Waals surface area contributed by atoms with Crippen LogP contribution in [0, 0.1) is 0 Å². The highest BCUT2D eigenvalue weighted by molar-refractivity contribution is 5.83. The van der Waals surface area contributed by atoms with E-state index in [-0.39, 0.29) is 5.82 Å². The van der Waals surface area contributed by atoms with Crippen LogP contribution >= 0.6 is 0 Å². The van der Waals surface area contributed by atoms with Gasteiger partial charge in [0.15, 0.2) is 0 Å². The second kappa shape index (κ2) is 5.61. The molecular formula is C12H17N3O2. The monoisotopic (exact) mass is 235 g/mol. The smallest absolute Gasteiger partial charge is 0.374 e. The van der Waals surface area contributed by atoms with Gasteiger partial charge in [-0.1, -0.05) is 25.7 Å². The van der Waals surface area contributed by atoms with Crippen molar-refractivity contribution in [2.45, 2.75) is 44.6 Å². The summed E-state index contributed by atoms with van der Waals surface area (Å²) in [6.07, 6.45) is 8.79. The predicted molar refractivity (Wildman–Crippen MR) is 64.1 cm³/mol. The van der Waals surface area contributed by atoms with Crippen molar-refractivity contribution >= 4 is 11.8 Å². The Kier molecular flexibility index (Phi) is 3.90. The van der Waals surface area contributed by atoms with Gasteiger partial charge in [0.05, 0.1) is 0 Å². The summed E-state index contributed by atoms with van der Waals surface area (Å²) in [5.74, 6) is -0.623. The molecule has 0 unspecified atom stereocenters. The van der Waals surface area contributed by atoms with E-state index in [9.17, 15) is 4.79 Å². The predicted octanol–water partition coefficient (Wildman–Crippen LogP) is 2.31. The van der Waals surface area contributed by atoms with Crippen LogP contribution in [-0.2, 0) is 0 Å². The van der Waals surface area contributed by atoms with E-state index in [4.69, 9.17) is 5.11 Å². The van der Waals surface area contributed by atoms with Gasteiger partial charge in [0.2, 0.25) is 5.82 Å². The molecule has 92 valence electrons. The standard InChI is InChI=1S/C12H17N3O2/c16-12(17)11-13-8-7-10(15-11)14-9-5-3-1-2-4-6-9/h7-9H,1-6H2,(H,16,17)(H,13,14,15). The van der Waals surface area contributed by atoms with Gasteiger partial charge in [-0.3, -0.25) is 0 Å². The fraction of sp³-hybridized carbons (Fsp3) is 0.583. The van der Waals surface area contributed by atoms with Gasteiger partial charge in [-0.2, -0.15) is 0 Å². The summed E-state index contributed by atoms with van der Waals surface area (Å²) in [7, 11) is 0. The summed E-state index contributed by atoms with van der Waals surface area (Å²) in [4.78, 5) is 18.4. The van der Waals surface area contributed by atoms with Crippen molar-refractivity contribution in [1.82, 2.24) is 9.97 Å². The molecule has 0 aliphatic heterocycles. The zero-order valence-corrected chi connectivity index (χ0v) is 9.72. The van der Waals surface area contributed by atoms with Crippen LogP contribution in [0.15, 0.2) is 12.3 Å². The third-order valence-corrected chi connectivity index (χ3v) is 3.05. The molecule has 0 amide bonds. The molecule has 5 heteroatoms. The van der Waals surface area contributed by atoms with Crippen molar-refractivity contribution < 1.29 is 9.90 Å². The Morgan fingerprint density at radius 3 is 2.65 bits per heavy atom. The van der Waals surface area contributed by atoms with Crippen molar-refractivity contribution in [1.29, 1.82) is 0 Å². The molecule has 0 radical (unpaired) electrons. The largest absolute Gasteiger partial charge is 0.475 e. The van der Waals surface area contributed by atoms with Crippen molar-refractivity contribution in [3.63, 3.8) is 0 Å². The summed E-state index contributed by atoms with van der Waals surface area (Å²) in [5.41, 5.74) is 0. The van der Waals surface area contributed by atoms with Crippen LogP contribution in [0.5, 0.6) is 0 Å². The van der Waals surface area contributed by atoms with Gasteiger partial charge in [0.25, 0.3) is 0 Å². The maximum atomic E-state index is 10.7. The van der Waals surface area contributed by atoms with E-state index < -0.39 is 5.97 Å². The lowest BCUT2D eigenvalue weighted by Gasteiger charge is -2.16. The van der Waals surface area contributed by atoms with Crippen molar-refractivity contribution in [2.75, 3.05) is 5.32 Å². The topological polar surface area (TPSA) is 75.1 Å². The van der Waals surface area contributed by atoms with E-state index in [0.717, 1.165) is 12.8 Å². The second-order valence-corrected chi connectivity index (χ2v) is 4.40. The lowest BCUT2D eigenvalue weighted by Crippen LogP contribution is -2.20. The third-order valence-electron chi connectivity index (χ3n) is 3.05. The Bertz CT molecular complexity index is 387. The Labute approximate surface area is 100 Å². The van der Waals surface area contributed by atoms with E-state index in [1.807, 2.05) is 0 Å². The summed E-state index contributed by atoms with van der Waals surface area (Å²) >= 11 is 0. The zero-order valence-electron chi connectivity index (χ0n) is 9.72. The Morgan fingerprint density at radius 2 is 2.00 bits per heavy atom. The average Bonchev–Trinajstić information content (AvgIpc) is 2.58. The summed E-state index contributed by atoms with van der Waals surface area (Å²) < 4.78 is 0. The highest BCUT2D eigenvalue weighted by atomic mass is 16.4. The fourth-order valence-corrected chi connectivity index (χ4v) is 2.17. The molecule has 1 fully saturated rings. The maximum Gasteiger partial charge on any atom is 0.374 e. The first-order valence-electron chi connectivity index (χ1n) is 6.08. The fourth-order valence-electron chi connectivity index (χ4n) is 2.17. The number of aromatic nitrogens is 2. The molecule has 1 aromatic heterocycles. The minimum absolute atomic E-state index is 0.149. The molecule has 0 bridgehead atoms. The molecule has 17 heavy (non-hydrogen) atoms. The van der Waals surface area contributed by atoms with E-state index in [2.05, 4.69) is 15.3 Å². The maximum absolute atomic E-state index is 10.7. The van der Waals surface area contributed by atoms with Gasteiger partial charge in [0.1, 0.15) is 5.82 Å². The van der Waals surface area contributed by atoms with Gasteiger partial charge >= 0.3 is 5.97 Å². The summed E-state index contributed by atoms with van der Waals surface area (Å²) in [6.45, 7) is 0. The average molecular weight is 235 g/mol. The SMILES string of the molecule is O=C(O)c1nccc(NC2CCCCCC2)n1. The van der Waals surface area contributed by atoms with Crippen LogP contribution in [0.25, 0.3) is 0 Å². The third kappa shape index (κ3) is 3.41. The Morgan fingerprint density at radius 1 is 1.29 bits per heavy atom. The van der Waals surface area contributed by atoms with Crippen molar-refractivity contribution in [3.8, 4) is 0 Å². The Hall–Kier alpha value is -1.65. The molecule has 0 atom stereocenters. The minimum Gasteiger partial charge on any atom is -0.475 e. The normalized spacial score (nSPS) is 17.4. The van der Waals surface area contributed by atoms with Crippen LogP contribution < -0.4 is 5.32 Å². The minimum atomic E-state index is -1.09. The highest BCUT2D eigenvalue weighted by Gasteiger charge is 2.13. The lowest BCUT2D eigenvalue weighted by atomic mass is 10.1. The number of rotatable bonds is 3. The molecule has 2 rings (SSSR count). The lowest BCUT2D eigenvalue weighted by molar-refractivity contribution is 0.0683. The zero-order chi connectivity index (χ0) is 12.1. The molecule has 1 saturated carbocycles. The quantitative estimate of drug-likeness (QED) is 0.786. The van der Waals surface area contributed by atoms with Crippen LogP contribution in [0.4, 0.5) is 5.82 Å². The summed E-state index contributed by atoms with van der Waals surface area (Å²) in [5, 5.41) is 12.1. The van der Waals surface area contributed by atoms with E-state index in [1.54, 1.807) is 6.07 Å². The van der Waals surface area contributed by atoms with Gasteiger partial charge in [-0.15, -0.1) is 0 Å². The van der Waals surface area contributed by atoms with E-state index >= 15 is 0 Å². The number of anilines is 1. The molecule has 5 nitrogen and oxygen atoms in total. The first-order chi connectivity index (χ1) is 8.25. The summed E-state index contributed by atoms with van der Waals surface area (Å²) in [6, 6.07) is 2.13. The molecule has 0 aromatic carbocycles. The molecule has 2 N–H and O–H groups in total. The van der Waals surface area contributed by atoms with Gasteiger partial charge < -0.3 is 10.4 Å². The van der Waals surface area contributed by atoms with E-state index in [0.29, 0.717) is 11.9 Å². The Balaban J connectivity index is 2.01. The molecular weight excluding hydrogens is 218 g/mol. The molecule has 1 aromatic rings. The first-order valence-corrected chi connectivity index (χ1v) is 6.08. The van der Waals surface area contributed by atoms with Crippen LogP contribution in [0.3, 0.4) is 0 Å². The van der Waals surface area contributed by atoms with Gasteiger partial charge in [0, 0.05) is 12.2 Å². The van der Waals surface area contributed by atoms with E-state index in [1.165, 1.54) is 31.9 Å². The number of carboxylic acids is 1. The number of nitrogens with one attached hydrogen (secondary N) is 1. The number of carbonyl (C=O) groups is 1. The number of hydrogen-bond acceptors (Lipinski definition) is 4. The van der Waals surface area contributed by atoms with Crippen LogP contribution in [0.1, 0.15) is 49.1 Å². The molecule has 0 spiro atoms. The number of carboxylic acid groups (broad SMARTS) is 1. The molecule has 1 heterocycles. The highest BCUT2D eigenvalue weighted by Crippen LogP contribution is 2.20. The van der Waals surface area contributed by atoms with Crippen LogP contribution in [-0.4, -0.2) is 27.1 Å². The first kappa shape index (κ1) is 11.8. The number of nitrogens with zero attached hydrogens (tertiary/aromatic N) is 2. The van der Waals surface area contributed by atoms with Crippen molar-refractivity contribution in [3.05, 3.63) is 18.1 Å². The molecule has 1 aliphatic carbocycles. The second-order valence-electron chi connectivity index (χ2n) is 4.40. The molecule has 0 saturated heterocycles. The van der Waals surface area contributed by atoms with Crippen LogP contribution in [0.2, 0.25) is 0 Å². The number of aromatic carboxylic acids is 1. The van der Waals surface area contributed by atoms with Gasteiger partial charge in [-0.25, -0.2) is 14.8 Å². The van der Waals surface area contributed by atoms with Crippen molar-refractivity contribution in [2.24, 2.45) is 0 Å². The van der Waals surface area contributed by atoms with Gasteiger partial charge in [-0.05, 0) is 18.9 Å². The number of hydrogen-bond donors (Lipinski definition) is 2.